The predicted octanol–water partition coefficient (Wildman–Crippen LogP) is 2.31. The summed E-state index contributed by atoms with van der Waals surface area (Å²) in [6, 6.07) is 11.7. The normalized spacial score (nSPS) is 16.3. The van der Waals surface area contributed by atoms with Gasteiger partial charge in [-0.25, -0.2) is 4.98 Å². The number of carbonyl (C=O) groups excluding carboxylic acids is 3. The summed E-state index contributed by atoms with van der Waals surface area (Å²) in [7, 11) is 0. The topological polar surface area (TPSA) is 123 Å². The zero-order valence-corrected chi connectivity index (χ0v) is 18.2. The highest BCUT2D eigenvalue weighted by atomic mass is 79.9. The maximum absolute atomic E-state index is 13.2. The third kappa shape index (κ3) is 4.43. The summed E-state index contributed by atoms with van der Waals surface area (Å²) < 4.78 is 2.08. The average Bonchev–Trinajstić information content (AvgIpc) is 3.12. The summed E-state index contributed by atoms with van der Waals surface area (Å²) in [4.78, 5) is 43.6. The second kappa shape index (κ2) is 8.84. The van der Waals surface area contributed by atoms with Gasteiger partial charge in [-0.05, 0) is 53.4 Å². The highest BCUT2D eigenvalue weighted by Gasteiger charge is 2.33. The lowest BCUT2D eigenvalue weighted by molar-refractivity contribution is -0.141. The van der Waals surface area contributed by atoms with Gasteiger partial charge in [0, 0.05) is 11.9 Å². The van der Waals surface area contributed by atoms with E-state index in [0.29, 0.717) is 34.3 Å². The molecule has 1 aromatic carbocycles. The SMILES string of the molecule is NC(=O)c1nn(CC(=O)N2CCCC[C@H]2C(=O)Nc2cccc(Br)n2)c2ccccc12. The molecule has 160 valence electrons. The molecule has 31 heavy (non-hydrogen) atoms. The van der Waals surface area contributed by atoms with Gasteiger partial charge >= 0.3 is 0 Å². The van der Waals surface area contributed by atoms with Crippen molar-refractivity contribution in [3.05, 3.63) is 52.8 Å². The summed E-state index contributed by atoms with van der Waals surface area (Å²) in [6.07, 6.45) is 2.24. The summed E-state index contributed by atoms with van der Waals surface area (Å²) in [5, 5.41) is 7.64. The number of aromatic nitrogens is 3. The lowest BCUT2D eigenvalue weighted by Crippen LogP contribution is -2.51. The minimum atomic E-state index is -0.654. The Morgan fingerprint density at radius 2 is 1.94 bits per heavy atom. The first-order valence-corrected chi connectivity index (χ1v) is 10.7. The van der Waals surface area contributed by atoms with Gasteiger partial charge in [-0.2, -0.15) is 5.10 Å². The third-order valence-electron chi connectivity index (χ3n) is 5.27. The standard InChI is InChI=1S/C21H21BrN6O3/c22-16-9-5-10-17(24-16)25-21(31)15-8-3-4-11-27(15)18(29)12-28-14-7-2-1-6-13(14)19(26-28)20(23)30/h1-2,5-7,9-10,15H,3-4,8,11-12H2,(H2,23,30)(H,24,25,31)/t15-/m0/s1. The fourth-order valence-electron chi connectivity index (χ4n) is 3.84. The van der Waals surface area contributed by atoms with Crippen LogP contribution in [-0.2, 0) is 16.1 Å². The second-order valence-corrected chi connectivity index (χ2v) is 8.13. The van der Waals surface area contributed by atoms with Gasteiger partial charge in [0.25, 0.3) is 5.91 Å². The van der Waals surface area contributed by atoms with Crippen molar-refractivity contribution in [1.82, 2.24) is 19.7 Å². The molecule has 2 aromatic heterocycles. The van der Waals surface area contributed by atoms with Crippen molar-refractivity contribution >= 4 is 50.4 Å². The first kappa shape index (κ1) is 21.0. The van der Waals surface area contributed by atoms with E-state index in [1.54, 1.807) is 47.4 Å². The number of carbonyl (C=O) groups is 3. The molecule has 3 amide bonds. The smallest absolute Gasteiger partial charge is 0.269 e. The van der Waals surface area contributed by atoms with Gasteiger partial charge in [-0.15, -0.1) is 0 Å². The maximum Gasteiger partial charge on any atom is 0.269 e. The Balaban J connectivity index is 1.55. The lowest BCUT2D eigenvalue weighted by atomic mass is 10.0. The molecule has 3 heterocycles. The molecule has 0 unspecified atom stereocenters. The predicted molar refractivity (Wildman–Crippen MR) is 118 cm³/mol. The van der Waals surface area contributed by atoms with Crippen LogP contribution in [0, 0.1) is 0 Å². The molecular weight excluding hydrogens is 464 g/mol. The van der Waals surface area contributed by atoms with E-state index in [1.165, 1.54) is 4.68 Å². The summed E-state index contributed by atoms with van der Waals surface area (Å²) in [5.41, 5.74) is 6.20. The minimum Gasteiger partial charge on any atom is -0.364 e. The Hall–Kier alpha value is -3.27. The van der Waals surface area contributed by atoms with Crippen LogP contribution < -0.4 is 11.1 Å². The molecule has 3 aromatic rings. The van der Waals surface area contributed by atoms with Crippen molar-refractivity contribution in [2.45, 2.75) is 31.8 Å². The number of primary amides is 1. The van der Waals surface area contributed by atoms with Gasteiger partial charge in [-0.3, -0.25) is 19.1 Å². The van der Waals surface area contributed by atoms with Crippen LogP contribution in [0.4, 0.5) is 5.82 Å². The Kier molecular flexibility index (Phi) is 5.99. The number of amides is 3. The quantitative estimate of drug-likeness (QED) is 0.537. The van der Waals surface area contributed by atoms with Crippen molar-refractivity contribution in [3.63, 3.8) is 0 Å². The number of para-hydroxylation sites is 1. The number of hydrogen-bond acceptors (Lipinski definition) is 5. The fraction of sp³-hybridized carbons (Fsp3) is 0.286. The molecule has 0 aliphatic carbocycles. The first-order chi connectivity index (χ1) is 14.9. The van der Waals surface area contributed by atoms with Crippen molar-refractivity contribution in [1.29, 1.82) is 0 Å². The minimum absolute atomic E-state index is 0.0906. The largest absolute Gasteiger partial charge is 0.364 e. The van der Waals surface area contributed by atoms with E-state index in [-0.39, 0.29) is 24.1 Å². The van der Waals surface area contributed by atoms with E-state index in [9.17, 15) is 14.4 Å². The molecule has 4 rings (SSSR count). The lowest BCUT2D eigenvalue weighted by Gasteiger charge is -2.34. The zero-order valence-electron chi connectivity index (χ0n) is 16.6. The molecule has 1 atom stereocenters. The first-order valence-electron chi connectivity index (χ1n) is 9.92. The highest BCUT2D eigenvalue weighted by molar-refractivity contribution is 9.10. The monoisotopic (exact) mass is 484 g/mol. The number of rotatable bonds is 5. The van der Waals surface area contributed by atoms with Crippen LogP contribution in [0.25, 0.3) is 10.9 Å². The molecule has 3 N–H and O–H groups in total. The van der Waals surface area contributed by atoms with E-state index in [2.05, 4.69) is 31.3 Å². The molecule has 9 nitrogen and oxygen atoms in total. The average molecular weight is 485 g/mol. The van der Waals surface area contributed by atoms with Crippen LogP contribution >= 0.6 is 15.9 Å². The van der Waals surface area contributed by atoms with E-state index in [1.807, 2.05) is 0 Å². The van der Waals surface area contributed by atoms with Gasteiger partial charge in [-0.1, -0.05) is 24.3 Å². The van der Waals surface area contributed by atoms with Crippen LogP contribution in [0.2, 0.25) is 0 Å². The van der Waals surface area contributed by atoms with Crippen molar-refractivity contribution in [3.8, 4) is 0 Å². The van der Waals surface area contributed by atoms with Crippen LogP contribution in [-0.4, -0.2) is 50.0 Å². The van der Waals surface area contributed by atoms with Gasteiger partial charge in [0.05, 0.1) is 5.52 Å². The Bertz CT molecular complexity index is 1160. The number of nitrogens with two attached hydrogens (primary N) is 1. The van der Waals surface area contributed by atoms with Gasteiger partial charge in [0.1, 0.15) is 23.0 Å². The van der Waals surface area contributed by atoms with Crippen molar-refractivity contribution < 1.29 is 14.4 Å². The Morgan fingerprint density at radius 1 is 1.13 bits per heavy atom. The molecule has 0 spiro atoms. The van der Waals surface area contributed by atoms with E-state index >= 15 is 0 Å². The number of nitrogens with one attached hydrogen (secondary N) is 1. The molecule has 1 saturated heterocycles. The summed E-state index contributed by atoms with van der Waals surface area (Å²) in [6.45, 7) is 0.386. The van der Waals surface area contributed by atoms with Crippen molar-refractivity contribution in [2.75, 3.05) is 11.9 Å². The van der Waals surface area contributed by atoms with Gasteiger partial charge < -0.3 is 16.0 Å². The van der Waals surface area contributed by atoms with Gasteiger partial charge in [0.15, 0.2) is 5.69 Å². The molecule has 1 fully saturated rings. The Labute approximate surface area is 186 Å². The van der Waals surface area contributed by atoms with E-state index < -0.39 is 11.9 Å². The molecule has 1 aliphatic heterocycles. The molecule has 1 aliphatic rings. The highest BCUT2D eigenvalue weighted by Crippen LogP contribution is 2.22. The summed E-state index contributed by atoms with van der Waals surface area (Å²) >= 11 is 3.28. The number of benzene rings is 1. The van der Waals surface area contributed by atoms with Crippen LogP contribution in [0.5, 0.6) is 0 Å². The number of hydrogen-bond donors (Lipinski definition) is 2. The Morgan fingerprint density at radius 3 is 2.71 bits per heavy atom. The molecule has 0 saturated carbocycles. The van der Waals surface area contributed by atoms with Gasteiger partial charge in [0.2, 0.25) is 11.8 Å². The number of likely N-dealkylation sites (tertiary alicyclic amines) is 1. The maximum atomic E-state index is 13.2. The number of fused-ring (bicyclic) bond motifs is 1. The number of pyridine rings is 1. The van der Waals surface area contributed by atoms with Crippen molar-refractivity contribution in [2.24, 2.45) is 5.73 Å². The second-order valence-electron chi connectivity index (χ2n) is 7.32. The fourth-order valence-corrected chi connectivity index (χ4v) is 4.18. The number of nitrogens with zero attached hydrogens (tertiary/aromatic N) is 4. The third-order valence-corrected chi connectivity index (χ3v) is 5.71. The zero-order chi connectivity index (χ0) is 22.0. The van der Waals surface area contributed by atoms with Crippen LogP contribution in [0.15, 0.2) is 47.1 Å². The van der Waals surface area contributed by atoms with E-state index in [4.69, 9.17) is 5.73 Å². The van der Waals surface area contributed by atoms with E-state index in [0.717, 1.165) is 12.8 Å². The van der Waals surface area contributed by atoms with Crippen LogP contribution in [0.1, 0.15) is 29.8 Å². The molecule has 10 heteroatoms. The molecule has 0 bridgehead atoms. The molecular formula is C21H21BrN6O3. The number of piperidine rings is 1. The number of anilines is 1. The van der Waals surface area contributed by atoms with Crippen LogP contribution in [0.3, 0.4) is 0 Å². The summed E-state index contributed by atoms with van der Waals surface area (Å²) in [5.74, 6) is -0.756. The number of halogens is 1. The molecule has 0 radical (unpaired) electrons.